The van der Waals surface area contributed by atoms with E-state index in [-0.39, 0.29) is 35.3 Å². The van der Waals surface area contributed by atoms with E-state index in [0.29, 0.717) is 5.75 Å². The molecule has 0 spiro atoms. The average Bonchev–Trinajstić information content (AvgIpc) is 1.85. The van der Waals surface area contributed by atoms with Gasteiger partial charge in [-0.05, 0) is 6.42 Å². The van der Waals surface area contributed by atoms with E-state index < -0.39 is 10.1 Å². The topological polar surface area (TPSA) is 57.2 Å². The molecule has 0 aliphatic rings. The van der Waals surface area contributed by atoms with Crippen molar-refractivity contribution in [2.45, 2.75) is 13.3 Å². The summed E-state index contributed by atoms with van der Waals surface area (Å²) in [6.07, 6.45) is 1.07. The summed E-state index contributed by atoms with van der Waals surface area (Å²) in [5.41, 5.74) is 0. The molecule has 0 heterocycles. The number of hydrogen-bond donors (Lipinski definition) is 0. The molecule has 0 amide bonds. The van der Waals surface area contributed by atoms with E-state index in [2.05, 4.69) is 6.92 Å². The minimum atomic E-state index is -4.00. The van der Waals surface area contributed by atoms with Crippen LogP contribution in [0, 0.1) is 0 Å². The third-order valence-electron chi connectivity index (χ3n) is 0.787. The fraction of sp³-hybridized carbons (Fsp3) is 1.00. The van der Waals surface area contributed by atoms with Crippen molar-refractivity contribution in [3.63, 3.8) is 0 Å². The first-order valence-corrected chi connectivity index (χ1v) is 7.31. The Morgan fingerprint density at radius 1 is 1.25 bits per heavy atom. The molecule has 0 unspecified atom stereocenters. The van der Waals surface area contributed by atoms with Gasteiger partial charge in [-0.3, -0.25) is 0 Å². The van der Waals surface area contributed by atoms with Crippen molar-refractivity contribution in [1.82, 2.24) is 0 Å². The van der Waals surface area contributed by atoms with E-state index in [9.17, 15) is 13.0 Å². The largest absolute Gasteiger partial charge is 1.00 e. The van der Waals surface area contributed by atoms with Crippen molar-refractivity contribution in [3.05, 3.63) is 0 Å². The molecule has 0 radical (unpaired) electrons. The van der Waals surface area contributed by atoms with Gasteiger partial charge in [0.25, 0.3) is 0 Å². The molecule has 0 aliphatic heterocycles. The van der Waals surface area contributed by atoms with Crippen LogP contribution in [0.15, 0.2) is 0 Å². The molecule has 0 aliphatic carbocycles. The predicted molar refractivity (Wildman–Crippen MR) is 49.8 cm³/mol. The van der Waals surface area contributed by atoms with Crippen LogP contribution in [0.2, 0.25) is 0 Å². The van der Waals surface area contributed by atoms with Crippen molar-refractivity contribution >= 4 is 31.7 Å². The van der Waals surface area contributed by atoms with Crippen LogP contribution in [-0.2, 0) is 10.1 Å². The van der Waals surface area contributed by atoms with E-state index in [1.165, 1.54) is 10.8 Å². The van der Waals surface area contributed by atoms with Gasteiger partial charge in [-0.25, -0.2) is 8.42 Å². The molecular weight excluding hydrogens is 227 g/mol. The first-order valence-electron chi connectivity index (χ1n) is 3.24. The molecule has 0 aromatic heterocycles. The second-order valence-electron chi connectivity index (χ2n) is 1.91. The summed E-state index contributed by atoms with van der Waals surface area (Å²) in [5, 5.41) is 0. The van der Waals surface area contributed by atoms with Gasteiger partial charge in [0.2, 0.25) is 0 Å². The van der Waals surface area contributed by atoms with Crippen molar-refractivity contribution in [2.24, 2.45) is 0 Å². The summed E-state index contributed by atoms with van der Waals surface area (Å²) < 4.78 is 30.3. The van der Waals surface area contributed by atoms with E-state index in [4.69, 9.17) is 0 Å². The van der Waals surface area contributed by atoms with Crippen LogP contribution < -0.4 is 29.6 Å². The Bertz CT molecular complexity index is 180. The Hall–Kier alpha value is 1.61. The minimum Gasteiger partial charge on any atom is -0.748 e. The summed E-state index contributed by atoms with van der Waals surface area (Å²) in [4.78, 5) is 0. The van der Waals surface area contributed by atoms with E-state index in [0.717, 1.165) is 12.2 Å². The normalized spacial score (nSPS) is 10.8. The Balaban J connectivity index is 0. The van der Waals surface area contributed by atoms with Crippen LogP contribution in [-0.4, -0.2) is 30.2 Å². The molecule has 3 nitrogen and oxygen atoms in total. The van der Waals surface area contributed by atoms with Crippen molar-refractivity contribution in [3.8, 4) is 0 Å². The zero-order valence-electron chi connectivity index (χ0n) is 7.28. The molecule has 0 atom stereocenters. The van der Waals surface area contributed by atoms with Crippen LogP contribution in [0.1, 0.15) is 13.3 Å². The maximum atomic E-state index is 10.1. The zero-order valence-corrected chi connectivity index (χ0v) is 11.7. The van der Waals surface area contributed by atoms with Gasteiger partial charge in [-0.2, -0.15) is 0 Å². The Morgan fingerprint density at radius 3 is 2.17 bits per heavy atom. The fourth-order valence-electron chi connectivity index (χ4n) is 0.337. The third-order valence-corrected chi connectivity index (χ3v) is 4.36. The van der Waals surface area contributed by atoms with Gasteiger partial charge >= 0.3 is 29.6 Å². The molecule has 0 N–H and O–H groups in total. The molecule has 0 fully saturated rings. The molecule has 0 bridgehead atoms. The molecule has 0 rings (SSSR count). The molecule has 0 saturated carbocycles. The predicted octanol–water partition coefficient (Wildman–Crippen LogP) is -1.67. The van der Waals surface area contributed by atoms with Crippen LogP contribution >= 0.6 is 21.6 Å². The average molecular weight is 238 g/mol. The Labute approximate surface area is 104 Å². The first-order chi connectivity index (χ1) is 5.06. The van der Waals surface area contributed by atoms with Gasteiger partial charge in [0.15, 0.2) is 0 Å². The number of rotatable bonds is 6. The third kappa shape index (κ3) is 14.2. The summed E-state index contributed by atoms with van der Waals surface area (Å²) in [5.74, 6) is 1.15. The van der Waals surface area contributed by atoms with Crippen molar-refractivity contribution < 1.29 is 42.5 Å². The van der Waals surface area contributed by atoms with Crippen LogP contribution in [0.3, 0.4) is 0 Å². The van der Waals surface area contributed by atoms with E-state index >= 15 is 0 Å². The maximum absolute atomic E-state index is 10.1. The maximum Gasteiger partial charge on any atom is 1.00 e. The molecule has 0 saturated heterocycles. The Morgan fingerprint density at radius 2 is 1.75 bits per heavy atom. The van der Waals surface area contributed by atoms with Gasteiger partial charge in [-0.15, -0.1) is 0 Å². The summed E-state index contributed by atoms with van der Waals surface area (Å²) in [6, 6.07) is 0. The summed E-state index contributed by atoms with van der Waals surface area (Å²) in [7, 11) is -0.946. The van der Waals surface area contributed by atoms with Crippen LogP contribution in [0.25, 0.3) is 0 Å². The first kappa shape index (κ1) is 16.1. The monoisotopic (exact) mass is 238 g/mol. The smallest absolute Gasteiger partial charge is 0.748 e. The fourth-order valence-corrected chi connectivity index (χ4v) is 3.65. The van der Waals surface area contributed by atoms with Crippen molar-refractivity contribution in [1.29, 1.82) is 0 Å². The molecule has 7 heteroatoms. The van der Waals surface area contributed by atoms with Gasteiger partial charge in [-0.1, -0.05) is 28.5 Å². The second kappa shape index (κ2) is 9.18. The van der Waals surface area contributed by atoms with E-state index in [1.807, 2.05) is 0 Å². The number of hydrogen-bond acceptors (Lipinski definition) is 5. The Kier molecular flexibility index (Phi) is 12.3. The second-order valence-corrected chi connectivity index (χ2v) is 6.13. The van der Waals surface area contributed by atoms with Crippen LogP contribution in [0.5, 0.6) is 0 Å². The van der Waals surface area contributed by atoms with Gasteiger partial charge in [0.05, 0.1) is 10.1 Å². The van der Waals surface area contributed by atoms with E-state index in [1.54, 1.807) is 10.8 Å². The minimum absolute atomic E-state index is 0. The molecule has 0 aromatic rings. The van der Waals surface area contributed by atoms with Gasteiger partial charge in [0, 0.05) is 17.3 Å². The SMILES string of the molecule is CCCSSCCS(=O)(=O)[O-].[Na+]. The molecule has 68 valence electrons. The standard InChI is InChI=1S/C5H12O3S3.Na/c1-2-3-9-10-4-5-11(6,7)8;/h2-5H2,1H3,(H,6,7,8);/q;+1/p-1. The van der Waals surface area contributed by atoms with Crippen molar-refractivity contribution in [2.75, 3.05) is 17.3 Å². The summed E-state index contributed by atoms with van der Waals surface area (Å²) in [6.45, 7) is 2.05. The molecule has 0 aromatic carbocycles. The zero-order chi connectivity index (χ0) is 8.74. The van der Waals surface area contributed by atoms with Crippen LogP contribution in [0.4, 0.5) is 0 Å². The van der Waals surface area contributed by atoms with Gasteiger partial charge in [0.1, 0.15) is 0 Å². The molecule has 12 heavy (non-hydrogen) atoms. The summed E-state index contributed by atoms with van der Waals surface area (Å²) >= 11 is 0. The molecular formula is C5H11NaO3S3. The quantitative estimate of drug-likeness (QED) is 0.240. The van der Waals surface area contributed by atoms with Gasteiger partial charge < -0.3 is 4.55 Å².